The molecule has 0 N–H and O–H groups in total. The van der Waals surface area contributed by atoms with E-state index >= 15 is 0 Å². The Labute approximate surface area is 75.5 Å². The van der Waals surface area contributed by atoms with Crippen LogP contribution in [0.4, 0.5) is 0 Å². The normalized spacial score (nSPS) is 24.8. The van der Waals surface area contributed by atoms with Crippen LogP contribution >= 0.6 is 0 Å². The van der Waals surface area contributed by atoms with Crippen molar-refractivity contribution in [1.82, 2.24) is 0 Å². The second-order valence-corrected chi connectivity index (χ2v) is 4.21. The number of hydrogen-bond donors (Lipinski definition) is 0. The molecule has 1 aliphatic carbocycles. The quantitative estimate of drug-likeness (QED) is 0.631. The lowest BCUT2D eigenvalue weighted by molar-refractivity contribution is 0.198. The lowest BCUT2D eigenvalue weighted by Gasteiger charge is -2.34. The molecule has 1 fully saturated rings. The van der Waals surface area contributed by atoms with Crippen LogP contribution in [0.3, 0.4) is 0 Å². The van der Waals surface area contributed by atoms with Gasteiger partial charge in [0.05, 0.1) is 0 Å². The van der Waals surface area contributed by atoms with Crippen LogP contribution in [-0.4, -0.2) is 6.29 Å². The highest BCUT2D eigenvalue weighted by atomic mass is 16.1. The molecule has 0 aromatic carbocycles. The van der Waals surface area contributed by atoms with Gasteiger partial charge in [-0.3, -0.25) is 4.79 Å². The van der Waals surface area contributed by atoms with Crippen LogP contribution in [0.2, 0.25) is 0 Å². The SMILES string of the molecule is CCC(C)([C]=O)C1CCCCC1. The van der Waals surface area contributed by atoms with Gasteiger partial charge >= 0.3 is 0 Å². The van der Waals surface area contributed by atoms with E-state index in [9.17, 15) is 4.79 Å². The largest absolute Gasteiger partial charge is 0.290 e. The monoisotopic (exact) mass is 167 g/mol. The molecule has 1 heteroatoms. The van der Waals surface area contributed by atoms with Gasteiger partial charge in [0.25, 0.3) is 0 Å². The Hall–Kier alpha value is -0.330. The highest BCUT2D eigenvalue weighted by Gasteiger charge is 2.33. The van der Waals surface area contributed by atoms with Crippen LogP contribution in [0.25, 0.3) is 0 Å². The topological polar surface area (TPSA) is 17.1 Å². The van der Waals surface area contributed by atoms with Crippen molar-refractivity contribution < 1.29 is 4.79 Å². The summed E-state index contributed by atoms with van der Waals surface area (Å²) in [6.45, 7) is 4.16. The molecule has 0 heterocycles. The van der Waals surface area contributed by atoms with E-state index in [4.69, 9.17) is 0 Å². The Balaban J connectivity index is 2.57. The van der Waals surface area contributed by atoms with Crippen LogP contribution in [0.1, 0.15) is 52.4 Å². The molecule has 0 aromatic rings. The van der Waals surface area contributed by atoms with Gasteiger partial charge in [0, 0.05) is 5.41 Å². The Morgan fingerprint density at radius 2 is 1.92 bits per heavy atom. The van der Waals surface area contributed by atoms with Crippen LogP contribution in [-0.2, 0) is 4.79 Å². The maximum absolute atomic E-state index is 10.8. The molecule has 1 atom stereocenters. The number of carbonyl (C=O) groups excluding carboxylic acids is 1. The van der Waals surface area contributed by atoms with Gasteiger partial charge in [0.15, 0.2) is 0 Å². The van der Waals surface area contributed by atoms with E-state index in [1.807, 2.05) is 0 Å². The first-order chi connectivity index (χ1) is 5.73. The van der Waals surface area contributed by atoms with Crippen molar-refractivity contribution in [3.8, 4) is 0 Å². The first-order valence-corrected chi connectivity index (χ1v) is 5.12. The van der Waals surface area contributed by atoms with Crippen molar-refractivity contribution in [1.29, 1.82) is 0 Å². The third kappa shape index (κ3) is 1.88. The summed E-state index contributed by atoms with van der Waals surface area (Å²) in [5.74, 6) is 0.605. The van der Waals surface area contributed by atoms with Gasteiger partial charge in [-0.2, -0.15) is 0 Å². The van der Waals surface area contributed by atoms with Gasteiger partial charge in [-0.25, -0.2) is 0 Å². The Bertz CT molecular complexity index is 147. The fourth-order valence-electron chi connectivity index (χ4n) is 2.18. The summed E-state index contributed by atoms with van der Waals surface area (Å²) < 4.78 is 0. The third-order valence-corrected chi connectivity index (χ3v) is 3.47. The number of hydrogen-bond acceptors (Lipinski definition) is 1. The summed E-state index contributed by atoms with van der Waals surface area (Å²) in [7, 11) is 0. The molecule has 12 heavy (non-hydrogen) atoms. The van der Waals surface area contributed by atoms with E-state index in [-0.39, 0.29) is 5.41 Å². The molecule has 1 nitrogen and oxygen atoms in total. The zero-order chi connectivity index (χ0) is 9.03. The predicted molar refractivity (Wildman–Crippen MR) is 50.7 cm³/mol. The molecule has 0 bridgehead atoms. The van der Waals surface area contributed by atoms with Crippen LogP contribution in [0, 0.1) is 11.3 Å². The molecule has 1 aliphatic rings. The van der Waals surface area contributed by atoms with Gasteiger partial charge in [0.1, 0.15) is 0 Å². The number of rotatable bonds is 3. The first-order valence-electron chi connectivity index (χ1n) is 5.12. The molecule has 1 radical (unpaired) electrons. The van der Waals surface area contributed by atoms with Gasteiger partial charge in [-0.05, 0) is 25.2 Å². The van der Waals surface area contributed by atoms with Gasteiger partial charge < -0.3 is 0 Å². The van der Waals surface area contributed by atoms with Crippen molar-refractivity contribution in [3.05, 3.63) is 0 Å². The second-order valence-electron chi connectivity index (χ2n) is 4.21. The molecule has 0 amide bonds. The van der Waals surface area contributed by atoms with Crippen molar-refractivity contribution >= 4 is 6.29 Å². The van der Waals surface area contributed by atoms with Crippen molar-refractivity contribution in [2.75, 3.05) is 0 Å². The van der Waals surface area contributed by atoms with Crippen molar-refractivity contribution in [2.24, 2.45) is 11.3 Å². The van der Waals surface area contributed by atoms with Crippen LogP contribution < -0.4 is 0 Å². The molecule has 1 rings (SSSR count). The summed E-state index contributed by atoms with van der Waals surface area (Å²) in [6, 6.07) is 0. The summed E-state index contributed by atoms with van der Waals surface area (Å²) in [5, 5.41) is 0. The standard InChI is InChI=1S/C11H19O/c1-3-11(2,9-12)10-7-5-4-6-8-10/h10H,3-8H2,1-2H3. The van der Waals surface area contributed by atoms with E-state index < -0.39 is 0 Å². The Kier molecular flexibility index (Phi) is 3.30. The Morgan fingerprint density at radius 1 is 1.33 bits per heavy atom. The maximum Gasteiger partial charge on any atom is 0.205 e. The second kappa shape index (κ2) is 4.06. The van der Waals surface area contributed by atoms with E-state index in [2.05, 4.69) is 20.1 Å². The summed E-state index contributed by atoms with van der Waals surface area (Å²) >= 11 is 0. The van der Waals surface area contributed by atoms with Crippen molar-refractivity contribution in [3.63, 3.8) is 0 Å². The minimum absolute atomic E-state index is 0.152. The Morgan fingerprint density at radius 3 is 2.33 bits per heavy atom. The van der Waals surface area contributed by atoms with Gasteiger partial charge in [0.2, 0.25) is 6.29 Å². The van der Waals surface area contributed by atoms with E-state index in [0.29, 0.717) is 5.92 Å². The summed E-state index contributed by atoms with van der Waals surface area (Å²) in [6.07, 6.45) is 9.64. The van der Waals surface area contributed by atoms with Crippen LogP contribution in [0.5, 0.6) is 0 Å². The fourth-order valence-corrected chi connectivity index (χ4v) is 2.18. The van der Waals surface area contributed by atoms with E-state index in [1.54, 1.807) is 0 Å². The van der Waals surface area contributed by atoms with Crippen LogP contribution in [0.15, 0.2) is 0 Å². The molecule has 0 aromatic heterocycles. The predicted octanol–water partition coefficient (Wildman–Crippen LogP) is 3.09. The zero-order valence-electron chi connectivity index (χ0n) is 8.23. The molecule has 0 saturated heterocycles. The lowest BCUT2D eigenvalue weighted by atomic mass is 9.69. The highest BCUT2D eigenvalue weighted by molar-refractivity contribution is 5.60. The highest BCUT2D eigenvalue weighted by Crippen LogP contribution is 2.39. The molecule has 1 unspecified atom stereocenters. The average molecular weight is 167 g/mol. The zero-order valence-corrected chi connectivity index (χ0v) is 8.23. The van der Waals surface area contributed by atoms with Gasteiger partial charge in [-0.1, -0.05) is 33.1 Å². The first kappa shape index (κ1) is 9.76. The fraction of sp³-hybridized carbons (Fsp3) is 0.909. The maximum atomic E-state index is 10.8. The molecule has 1 saturated carbocycles. The molecular weight excluding hydrogens is 148 g/mol. The lowest BCUT2D eigenvalue weighted by Crippen LogP contribution is -2.29. The average Bonchev–Trinajstić information content (AvgIpc) is 2.18. The van der Waals surface area contributed by atoms with E-state index in [1.165, 1.54) is 32.1 Å². The minimum atomic E-state index is -0.152. The third-order valence-electron chi connectivity index (χ3n) is 3.47. The smallest absolute Gasteiger partial charge is 0.205 e. The molecule has 69 valence electrons. The summed E-state index contributed by atoms with van der Waals surface area (Å²) in [5.41, 5.74) is -0.152. The minimum Gasteiger partial charge on any atom is -0.290 e. The van der Waals surface area contributed by atoms with E-state index in [0.717, 1.165) is 6.42 Å². The molecule has 0 spiro atoms. The summed E-state index contributed by atoms with van der Waals surface area (Å²) in [4.78, 5) is 10.8. The molecular formula is C11H19O. The van der Waals surface area contributed by atoms with Gasteiger partial charge in [-0.15, -0.1) is 0 Å². The van der Waals surface area contributed by atoms with Crippen molar-refractivity contribution in [2.45, 2.75) is 52.4 Å². The molecule has 0 aliphatic heterocycles.